The topological polar surface area (TPSA) is 42.0 Å². The summed E-state index contributed by atoms with van der Waals surface area (Å²) in [5, 5.41) is 12.6. The second-order valence-corrected chi connectivity index (χ2v) is 4.03. The number of hydrogen-bond acceptors (Lipinski definition) is 2. The molecule has 19 heavy (non-hydrogen) atoms. The van der Waals surface area contributed by atoms with E-state index in [2.05, 4.69) is 4.98 Å². The molecule has 0 amide bonds. The monoisotopic (exact) mass is 254 g/mol. The third-order valence-corrected chi connectivity index (χ3v) is 2.73. The molecule has 1 heterocycles. The molecule has 0 aliphatic carbocycles. The molecular formula is C15H9FNO2. The van der Waals surface area contributed by atoms with Crippen molar-refractivity contribution in [3.8, 4) is 17.2 Å². The fraction of sp³-hybridized carbons (Fsp3) is 0. The maximum absolute atomic E-state index is 13.5. The van der Waals surface area contributed by atoms with Crippen LogP contribution in [0, 0.1) is 5.82 Å². The number of para-hydroxylation sites is 1. The minimum absolute atomic E-state index is 0.0230. The number of benzene rings is 2. The van der Waals surface area contributed by atoms with Gasteiger partial charge in [0.05, 0.1) is 5.52 Å². The minimum Gasteiger partial charge on any atom is -0.450 e. The highest BCUT2D eigenvalue weighted by Gasteiger charge is 2.10. The molecule has 0 saturated carbocycles. The Bertz CT molecular complexity index is 743. The number of fused-ring (bicyclic) bond motifs is 1. The molecule has 0 saturated heterocycles. The Morgan fingerprint density at radius 1 is 1.00 bits per heavy atom. The Hall–Kier alpha value is -2.62. The van der Waals surface area contributed by atoms with Crippen LogP contribution in [0.1, 0.15) is 0 Å². The van der Waals surface area contributed by atoms with Crippen LogP contribution in [0.15, 0.2) is 54.7 Å². The molecule has 0 atom stereocenters. The molecule has 93 valence electrons. The number of hydrogen-bond donors (Lipinski definition) is 0. The Kier molecular flexibility index (Phi) is 2.76. The van der Waals surface area contributed by atoms with Gasteiger partial charge in [-0.3, -0.25) is 10.1 Å². The zero-order chi connectivity index (χ0) is 13.2. The standard InChI is InChI=1S/C15H9FNO2/c16-11-5-1-2-6-14(11)19-15-9-12-10(8-13(15)18)4-3-7-17-12/h1-9H. The highest BCUT2D eigenvalue weighted by molar-refractivity contribution is 5.82. The minimum atomic E-state index is -0.511. The van der Waals surface area contributed by atoms with E-state index in [4.69, 9.17) is 4.74 Å². The molecule has 0 spiro atoms. The van der Waals surface area contributed by atoms with Gasteiger partial charge < -0.3 is 4.74 Å². The van der Waals surface area contributed by atoms with Crippen molar-refractivity contribution in [3.05, 3.63) is 60.5 Å². The van der Waals surface area contributed by atoms with Gasteiger partial charge in [-0.05, 0) is 24.3 Å². The molecule has 0 bridgehead atoms. The lowest BCUT2D eigenvalue weighted by Gasteiger charge is -2.08. The summed E-state index contributed by atoms with van der Waals surface area (Å²) in [7, 11) is 0. The highest BCUT2D eigenvalue weighted by atomic mass is 19.1. The Labute approximate surface area is 108 Å². The molecule has 0 aliphatic heterocycles. The van der Waals surface area contributed by atoms with Gasteiger partial charge in [0, 0.05) is 17.6 Å². The van der Waals surface area contributed by atoms with E-state index in [0.717, 1.165) is 5.39 Å². The van der Waals surface area contributed by atoms with E-state index in [1.54, 1.807) is 30.5 Å². The van der Waals surface area contributed by atoms with Crippen LogP contribution >= 0.6 is 0 Å². The average molecular weight is 254 g/mol. The SMILES string of the molecule is [O]c1cc2cccnc2cc1Oc1ccccc1F. The summed E-state index contributed by atoms with van der Waals surface area (Å²) in [6, 6.07) is 12.4. The molecule has 1 aromatic heterocycles. The molecule has 0 unspecified atom stereocenters. The van der Waals surface area contributed by atoms with Gasteiger partial charge in [-0.15, -0.1) is 0 Å². The van der Waals surface area contributed by atoms with Gasteiger partial charge >= 0.3 is 0 Å². The Morgan fingerprint density at radius 3 is 2.68 bits per heavy atom. The van der Waals surface area contributed by atoms with Crippen molar-refractivity contribution in [2.75, 3.05) is 0 Å². The molecule has 3 rings (SSSR count). The maximum Gasteiger partial charge on any atom is 0.221 e. The van der Waals surface area contributed by atoms with Crippen LogP contribution < -0.4 is 4.74 Å². The number of nitrogens with zero attached hydrogens (tertiary/aromatic N) is 1. The number of aromatic nitrogens is 1. The lowest BCUT2D eigenvalue weighted by Crippen LogP contribution is -1.89. The normalized spacial score (nSPS) is 10.6. The van der Waals surface area contributed by atoms with Crippen molar-refractivity contribution in [3.63, 3.8) is 0 Å². The van der Waals surface area contributed by atoms with Crippen molar-refractivity contribution < 1.29 is 14.2 Å². The van der Waals surface area contributed by atoms with Crippen LogP contribution in [0.4, 0.5) is 4.39 Å². The van der Waals surface area contributed by atoms with Gasteiger partial charge in [-0.25, -0.2) is 4.39 Å². The first kappa shape index (κ1) is 11.5. The lowest BCUT2D eigenvalue weighted by molar-refractivity contribution is 0.326. The molecule has 0 aliphatic rings. The van der Waals surface area contributed by atoms with Crippen LogP contribution in [0.3, 0.4) is 0 Å². The second kappa shape index (κ2) is 4.57. The zero-order valence-corrected chi connectivity index (χ0v) is 9.84. The van der Waals surface area contributed by atoms with Crippen molar-refractivity contribution in [2.24, 2.45) is 0 Å². The van der Waals surface area contributed by atoms with Gasteiger partial charge in [0.15, 0.2) is 17.3 Å². The van der Waals surface area contributed by atoms with Gasteiger partial charge in [0.2, 0.25) is 5.75 Å². The van der Waals surface area contributed by atoms with Crippen molar-refractivity contribution in [1.82, 2.24) is 4.98 Å². The van der Waals surface area contributed by atoms with E-state index < -0.39 is 5.82 Å². The van der Waals surface area contributed by atoms with E-state index in [-0.39, 0.29) is 17.2 Å². The average Bonchev–Trinajstić information content (AvgIpc) is 2.42. The first-order valence-electron chi connectivity index (χ1n) is 5.72. The fourth-order valence-electron chi connectivity index (χ4n) is 1.81. The quantitative estimate of drug-likeness (QED) is 0.683. The first-order valence-corrected chi connectivity index (χ1v) is 5.72. The van der Waals surface area contributed by atoms with Crippen LogP contribution in [-0.4, -0.2) is 4.98 Å². The van der Waals surface area contributed by atoms with Gasteiger partial charge in [-0.1, -0.05) is 18.2 Å². The first-order chi connectivity index (χ1) is 9.24. The molecular weight excluding hydrogens is 245 g/mol. The summed E-state index contributed by atoms with van der Waals surface area (Å²) in [5.41, 5.74) is 0.633. The smallest absolute Gasteiger partial charge is 0.221 e. The molecule has 3 nitrogen and oxygen atoms in total. The van der Waals surface area contributed by atoms with Crippen molar-refractivity contribution in [2.45, 2.75) is 0 Å². The fourth-order valence-corrected chi connectivity index (χ4v) is 1.81. The summed E-state index contributed by atoms with van der Waals surface area (Å²) < 4.78 is 18.8. The summed E-state index contributed by atoms with van der Waals surface area (Å²) in [5.74, 6) is -0.724. The number of pyridine rings is 1. The third kappa shape index (κ3) is 2.20. The Balaban J connectivity index is 2.06. The van der Waals surface area contributed by atoms with Crippen molar-refractivity contribution in [1.29, 1.82) is 0 Å². The van der Waals surface area contributed by atoms with Crippen molar-refractivity contribution >= 4 is 10.9 Å². The van der Waals surface area contributed by atoms with Gasteiger partial charge in [0.1, 0.15) is 0 Å². The molecule has 0 N–H and O–H groups in total. The lowest BCUT2D eigenvalue weighted by atomic mass is 10.2. The summed E-state index contributed by atoms with van der Waals surface area (Å²) in [6.07, 6.45) is 1.62. The van der Waals surface area contributed by atoms with E-state index >= 15 is 0 Å². The highest BCUT2D eigenvalue weighted by Crippen LogP contribution is 2.35. The maximum atomic E-state index is 13.5. The molecule has 3 aromatic rings. The third-order valence-electron chi connectivity index (χ3n) is 2.73. The van der Waals surface area contributed by atoms with E-state index in [0.29, 0.717) is 5.52 Å². The number of rotatable bonds is 2. The largest absolute Gasteiger partial charge is 0.450 e. The summed E-state index contributed by atoms with van der Waals surface area (Å²) in [6.45, 7) is 0. The van der Waals surface area contributed by atoms with Crippen LogP contribution in [-0.2, 0) is 5.11 Å². The van der Waals surface area contributed by atoms with E-state index in [1.165, 1.54) is 24.3 Å². The Morgan fingerprint density at radius 2 is 1.84 bits per heavy atom. The number of ether oxygens (including phenoxy) is 1. The predicted molar refractivity (Wildman–Crippen MR) is 68.3 cm³/mol. The molecule has 4 heteroatoms. The van der Waals surface area contributed by atoms with Crippen LogP contribution in [0.25, 0.3) is 10.9 Å². The zero-order valence-electron chi connectivity index (χ0n) is 9.84. The molecule has 2 aromatic carbocycles. The summed E-state index contributed by atoms with van der Waals surface area (Å²) in [4.78, 5) is 4.13. The molecule has 1 radical (unpaired) electrons. The van der Waals surface area contributed by atoms with Gasteiger partial charge in [0.25, 0.3) is 0 Å². The second-order valence-electron chi connectivity index (χ2n) is 4.03. The van der Waals surface area contributed by atoms with Gasteiger partial charge in [-0.2, -0.15) is 0 Å². The number of halogens is 1. The van der Waals surface area contributed by atoms with E-state index in [9.17, 15) is 9.50 Å². The predicted octanol–water partition coefficient (Wildman–Crippen LogP) is 4.31. The van der Waals surface area contributed by atoms with E-state index in [1.807, 2.05) is 0 Å². The van der Waals surface area contributed by atoms with Crippen LogP contribution in [0.2, 0.25) is 0 Å². The molecule has 0 fully saturated rings. The summed E-state index contributed by atoms with van der Waals surface area (Å²) >= 11 is 0. The van der Waals surface area contributed by atoms with Crippen LogP contribution in [0.5, 0.6) is 17.2 Å².